The van der Waals surface area contributed by atoms with Crippen molar-refractivity contribution in [2.24, 2.45) is 0 Å². The van der Waals surface area contributed by atoms with Crippen LogP contribution in [0.2, 0.25) is 0 Å². The topological polar surface area (TPSA) is 67.6 Å². The molecule has 1 saturated heterocycles. The van der Waals surface area contributed by atoms with Gasteiger partial charge in [0.2, 0.25) is 0 Å². The second kappa shape index (κ2) is 9.35. The number of methoxy groups -OCH3 is 1. The first kappa shape index (κ1) is 21.6. The van der Waals surface area contributed by atoms with Crippen LogP contribution in [0.15, 0.2) is 65.2 Å². The highest BCUT2D eigenvalue weighted by molar-refractivity contribution is 7.80. The lowest BCUT2D eigenvalue weighted by atomic mass is 9.92. The van der Waals surface area contributed by atoms with E-state index in [1.54, 1.807) is 12.3 Å². The van der Waals surface area contributed by atoms with E-state index in [4.69, 9.17) is 21.4 Å². The van der Waals surface area contributed by atoms with Gasteiger partial charge in [-0.3, -0.25) is 4.98 Å². The molecular weight excluding hydrogens is 434 g/mol. The van der Waals surface area contributed by atoms with Crippen molar-refractivity contribution in [2.45, 2.75) is 50.2 Å². The predicted molar refractivity (Wildman–Crippen MR) is 130 cm³/mol. The zero-order valence-electron chi connectivity index (χ0n) is 18.6. The number of hydrogen-bond acceptors (Lipinski definition) is 5. The maximum atomic E-state index is 12.3. The number of nitrogens with one attached hydrogen (secondary N) is 1. The molecule has 1 aromatic carbocycles. The molecule has 1 saturated carbocycles. The van der Waals surface area contributed by atoms with Crippen LogP contribution >= 0.6 is 12.2 Å². The molecule has 2 fully saturated rings. The third-order valence-corrected chi connectivity index (χ3v) is 6.95. The molecule has 1 aliphatic carbocycles. The summed E-state index contributed by atoms with van der Waals surface area (Å²) in [5, 5.41) is 4.26. The third-order valence-electron chi connectivity index (χ3n) is 6.62. The Kier molecular flexibility index (Phi) is 6.13. The number of aromatic nitrogens is 1. The fraction of sp³-hybridized carbons (Fsp3) is 0.346. The van der Waals surface area contributed by atoms with E-state index in [-0.39, 0.29) is 18.1 Å². The van der Waals surface area contributed by atoms with Gasteiger partial charge in [-0.05, 0) is 55.4 Å². The molecule has 5 rings (SSSR count). The molecule has 2 aliphatic rings. The highest BCUT2D eigenvalue weighted by atomic mass is 32.1. The minimum absolute atomic E-state index is 0.115. The van der Waals surface area contributed by atoms with Crippen molar-refractivity contribution < 1.29 is 13.9 Å². The highest BCUT2D eigenvalue weighted by Crippen LogP contribution is 2.43. The molecule has 1 N–H and O–H groups in total. The van der Waals surface area contributed by atoms with Crippen LogP contribution in [0.1, 0.15) is 66.0 Å². The Labute approximate surface area is 199 Å². The van der Waals surface area contributed by atoms with Crippen molar-refractivity contribution in [3.63, 3.8) is 0 Å². The lowest BCUT2D eigenvalue weighted by molar-refractivity contribution is 0.0601. The lowest BCUT2D eigenvalue weighted by Gasteiger charge is -2.36. The van der Waals surface area contributed by atoms with E-state index < -0.39 is 0 Å². The van der Waals surface area contributed by atoms with Crippen LogP contribution in [-0.4, -0.2) is 34.1 Å². The molecule has 33 heavy (non-hydrogen) atoms. The fourth-order valence-electron chi connectivity index (χ4n) is 5.07. The monoisotopic (exact) mass is 461 g/mol. The summed E-state index contributed by atoms with van der Waals surface area (Å²) in [6, 6.07) is 17.3. The largest absolute Gasteiger partial charge is 0.465 e. The van der Waals surface area contributed by atoms with E-state index in [2.05, 4.69) is 15.2 Å². The molecule has 2 atom stereocenters. The number of esters is 1. The number of benzene rings is 1. The van der Waals surface area contributed by atoms with Crippen molar-refractivity contribution in [1.29, 1.82) is 0 Å². The van der Waals surface area contributed by atoms with E-state index in [9.17, 15) is 4.79 Å². The molecule has 0 unspecified atom stereocenters. The predicted octanol–water partition coefficient (Wildman–Crippen LogP) is 5.43. The number of rotatable bonds is 5. The molecule has 6 nitrogen and oxygen atoms in total. The van der Waals surface area contributed by atoms with E-state index in [0.717, 1.165) is 29.4 Å². The highest BCUT2D eigenvalue weighted by Gasteiger charge is 2.44. The van der Waals surface area contributed by atoms with Crippen LogP contribution in [0, 0.1) is 0 Å². The lowest BCUT2D eigenvalue weighted by Crippen LogP contribution is -2.40. The molecule has 7 heteroatoms. The Morgan fingerprint density at radius 1 is 1.09 bits per heavy atom. The van der Waals surface area contributed by atoms with Crippen molar-refractivity contribution >= 4 is 23.3 Å². The summed E-state index contributed by atoms with van der Waals surface area (Å²) in [6.07, 6.45) is 7.73. The molecule has 1 aliphatic heterocycles. The Morgan fingerprint density at radius 3 is 2.64 bits per heavy atom. The van der Waals surface area contributed by atoms with Crippen LogP contribution in [0.5, 0.6) is 0 Å². The van der Waals surface area contributed by atoms with Gasteiger partial charge in [0.15, 0.2) is 5.11 Å². The number of hydrogen-bond donors (Lipinski definition) is 1. The molecule has 0 bridgehead atoms. The van der Waals surface area contributed by atoms with Gasteiger partial charge in [-0.25, -0.2) is 4.79 Å². The van der Waals surface area contributed by atoms with Gasteiger partial charge in [0.25, 0.3) is 0 Å². The zero-order chi connectivity index (χ0) is 22.8. The van der Waals surface area contributed by atoms with Gasteiger partial charge in [-0.2, -0.15) is 0 Å². The molecule has 170 valence electrons. The van der Waals surface area contributed by atoms with Crippen molar-refractivity contribution in [3.05, 3.63) is 77.8 Å². The number of carbonyl (C=O) groups is 1. The van der Waals surface area contributed by atoms with E-state index in [0.29, 0.717) is 22.9 Å². The summed E-state index contributed by atoms with van der Waals surface area (Å²) in [5.41, 5.74) is 2.12. The van der Waals surface area contributed by atoms with Gasteiger partial charge in [0.05, 0.1) is 24.4 Å². The first-order chi connectivity index (χ1) is 16.2. The van der Waals surface area contributed by atoms with Gasteiger partial charge >= 0.3 is 5.97 Å². The van der Waals surface area contributed by atoms with E-state index >= 15 is 0 Å². The van der Waals surface area contributed by atoms with Crippen LogP contribution in [0.4, 0.5) is 0 Å². The van der Waals surface area contributed by atoms with E-state index in [1.165, 1.54) is 26.4 Å². The maximum Gasteiger partial charge on any atom is 0.338 e. The van der Waals surface area contributed by atoms with Crippen LogP contribution in [-0.2, 0) is 4.74 Å². The summed E-state index contributed by atoms with van der Waals surface area (Å²) in [5.74, 6) is 1.05. The zero-order valence-corrected chi connectivity index (χ0v) is 19.4. The molecule has 0 radical (unpaired) electrons. The van der Waals surface area contributed by atoms with Crippen molar-refractivity contribution in [3.8, 4) is 11.3 Å². The minimum atomic E-state index is -0.387. The first-order valence-corrected chi connectivity index (χ1v) is 11.9. The van der Waals surface area contributed by atoms with E-state index in [1.807, 2.05) is 48.5 Å². The summed E-state index contributed by atoms with van der Waals surface area (Å²) < 4.78 is 11.4. The van der Waals surface area contributed by atoms with Crippen LogP contribution in [0.3, 0.4) is 0 Å². The van der Waals surface area contributed by atoms with Crippen LogP contribution < -0.4 is 5.32 Å². The first-order valence-electron chi connectivity index (χ1n) is 11.4. The Morgan fingerprint density at radius 2 is 1.88 bits per heavy atom. The molecule has 0 amide bonds. The smallest absolute Gasteiger partial charge is 0.338 e. The molecular formula is C26H27N3O3S. The second-order valence-corrected chi connectivity index (χ2v) is 8.95. The quantitative estimate of drug-likeness (QED) is 0.401. The molecule has 0 spiro atoms. The van der Waals surface area contributed by atoms with Gasteiger partial charge < -0.3 is 19.4 Å². The molecule has 2 aromatic heterocycles. The van der Waals surface area contributed by atoms with Gasteiger partial charge in [-0.1, -0.05) is 43.5 Å². The van der Waals surface area contributed by atoms with Gasteiger partial charge in [0, 0.05) is 17.8 Å². The third kappa shape index (κ3) is 4.13. The second-order valence-electron chi connectivity index (χ2n) is 8.56. The summed E-state index contributed by atoms with van der Waals surface area (Å²) in [4.78, 5) is 19.2. The van der Waals surface area contributed by atoms with Crippen molar-refractivity contribution in [2.75, 3.05) is 7.11 Å². The molecule has 3 aromatic rings. The normalized spacial score (nSPS) is 21.1. The number of furan rings is 1. The van der Waals surface area contributed by atoms with Crippen molar-refractivity contribution in [1.82, 2.24) is 15.2 Å². The summed E-state index contributed by atoms with van der Waals surface area (Å²) >= 11 is 5.83. The number of carbonyl (C=O) groups excluding carboxylic acids is 1. The fourth-order valence-corrected chi connectivity index (χ4v) is 5.45. The average molecular weight is 462 g/mol. The minimum Gasteiger partial charge on any atom is -0.465 e. The van der Waals surface area contributed by atoms with Gasteiger partial charge in [0.1, 0.15) is 17.6 Å². The number of ether oxygens (including phenoxy) is 1. The summed E-state index contributed by atoms with van der Waals surface area (Å²) in [7, 11) is 1.39. The maximum absolute atomic E-state index is 12.3. The summed E-state index contributed by atoms with van der Waals surface area (Å²) in [6.45, 7) is 0. The number of pyridine rings is 1. The Hall–Kier alpha value is -3.19. The standard InChI is InChI=1S/C26H27N3O3S/c1-31-25(30)19-12-6-5-11-18(19)21-14-15-22(32-21)24-23(20-13-7-8-16-27-20)28-26(33)29(24)17-9-3-2-4-10-17/h5-8,11-17,23-24H,2-4,9-10H2,1H3,(H,28,33)/t23-,24+/m0/s1. The molecule has 3 heterocycles. The number of thiocarbonyl (C=S) groups is 1. The Bertz CT molecular complexity index is 1140. The SMILES string of the molecule is COC(=O)c1ccccc1-c1ccc([C@@H]2[C@H](c3ccccn3)NC(=S)N2C2CCCCC2)o1. The Balaban J connectivity index is 1.55. The average Bonchev–Trinajstić information content (AvgIpc) is 3.49. The van der Waals surface area contributed by atoms with Crippen LogP contribution in [0.25, 0.3) is 11.3 Å². The van der Waals surface area contributed by atoms with Gasteiger partial charge in [-0.15, -0.1) is 0 Å². The number of nitrogens with zero attached hydrogens (tertiary/aromatic N) is 2.